The number of aryl methyl sites for hydroxylation is 1. The zero-order valence-corrected chi connectivity index (χ0v) is 13.7. The first kappa shape index (κ1) is 17.4. The van der Waals surface area contributed by atoms with Gasteiger partial charge in [0.15, 0.2) is 0 Å². The SMILES string of the molecule is C=CCN(CC=C)c1cc(CNCC(C)C)cc(CC)n1. The Morgan fingerprint density at radius 2 is 1.90 bits per heavy atom. The zero-order chi connectivity index (χ0) is 15.7. The van der Waals surface area contributed by atoms with Crippen LogP contribution in [-0.2, 0) is 13.0 Å². The van der Waals surface area contributed by atoms with E-state index in [1.165, 1.54) is 5.56 Å². The van der Waals surface area contributed by atoms with Crippen molar-refractivity contribution in [2.24, 2.45) is 5.92 Å². The first-order valence-electron chi connectivity index (χ1n) is 7.78. The van der Waals surface area contributed by atoms with Crippen LogP contribution in [0.25, 0.3) is 0 Å². The van der Waals surface area contributed by atoms with Gasteiger partial charge in [-0.25, -0.2) is 4.98 Å². The fourth-order valence-electron chi connectivity index (χ4n) is 2.16. The van der Waals surface area contributed by atoms with E-state index < -0.39 is 0 Å². The molecule has 3 heteroatoms. The number of aromatic nitrogens is 1. The van der Waals surface area contributed by atoms with Crippen molar-refractivity contribution in [3.63, 3.8) is 0 Å². The quantitative estimate of drug-likeness (QED) is 0.667. The van der Waals surface area contributed by atoms with Gasteiger partial charge in [-0.2, -0.15) is 0 Å². The lowest BCUT2D eigenvalue weighted by Crippen LogP contribution is -2.25. The highest BCUT2D eigenvalue weighted by Gasteiger charge is 2.08. The molecule has 0 unspecified atom stereocenters. The number of rotatable bonds is 10. The summed E-state index contributed by atoms with van der Waals surface area (Å²) in [6.45, 7) is 17.7. The number of pyridine rings is 1. The third-order valence-electron chi connectivity index (χ3n) is 3.19. The summed E-state index contributed by atoms with van der Waals surface area (Å²) in [7, 11) is 0. The number of nitrogens with zero attached hydrogens (tertiary/aromatic N) is 2. The van der Waals surface area contributed by atoms with E-state index >= 15 is 0 Å². The highest BCUT2D eigenvalue weighted by atomic mass is 15.2. The van der Waals surface area contributed by atoms with Gasteiger partial charge < -0.3 is 10.2 Å². The van der Waals surface area contributed by atoms with Gasteiger partial charge in [-0.15, -0.1) is 13.2 Å². The molecule has 0 aromatic carbocycles. The van der Waals surface area contributed by atoms with Crippen LogP contribution in [0.5, 0.6) is 0 Å². The van der Waals surface area contributed by atoms with E-state index in [1.54, 1.807) is 0 Å². The zero-order valence-electron chi connectivity index (χ0n) is 13.7. The molecule has 0 fully saturated rings. The molecule has 0 aliphatic heterocycles. The Morgan fingerprint density at radius 3 is 2.43 bits per heavy atom. The van der Waals surface area contributed by atoms with Crippen molar-refractivity contribution in [2.75, 3.05) is 24.5 Å². The van der Waals surface area contributed by atoms with E-state index in [4.69, 9.17) is 4.98 Å². The van der Waals surface area contributed by atoms with Gasteiger partial charge >= 0.3 is 0 Å². The predicted molar refractivity (Wildman–Crippen MR) is 92.8 cm³/mol. The number of nitrogens with one attached hydrogen (secondary N) is 1. The number of hydrogen-bond acceptors (Lipinski definition) is 3. The molecule has 0 radical (unpaired) electrons. The molecule has 21 heavy (non-hydrogen) atoms. The van der Waals surface area contributed by atoms with E-state index in [2.05, 4.69) is 56.3 Å². The predicted octanol–water partition coefficient (Wildman–Crippen LogP) is 3.57. The minimum atomic E-state index is 0.662. The fourth-order valence-corrected chi connectivity index (χ4v) is 2.16. The van der Waals surface area contributed by atoms with Crippen LogP contribution >= 0.6 is 0 Å². The van der Waals surface area contributed by atoms with Gasteiger partial charge in [0.2, 0.25) is 0 Å². The second-order valence-electron chi connectivity index (χ2n) is 5.69. The van der Waals surface area contributed by atoms with Crippen LogP contribution < -0.4 is 10.2 Å². The fraction of sp³-hybridized carbons (Fsp3) is 0.500. The number of anilines is 1. The summed E-state index contributed by atoms with van der Waals surface area (Å²) >= 11 is 0. The summed E-state index contributed by atoms with van der Waals surface area (Å²) in [4.78, 5) is 6.92. The summed E-state index contributed by atoms with van der Waals surface area (Å²) in [5, 5.41) is 3.50. The summed E-state index contributed by atoms with van der Waals surface area (Å²) in [6.07, 6.45) is 4.75. The molecular weight excluding hydrogens is 258 g/mol. The molecule has 1 heterocycles. The minimum Gasteiger partial charge on any atom is -0.349 e. The van der Waals surface area contributed by atoms with Gasteiger partial charge in [-0.1, -0.05) is 32.9 Å². The Kier molecular flexibility index (Phi) is 7.76. The summed E-state index contributed by atoms with van der Waals surface area (Å²) in [5.74, 6) is 1.67. The molecule has 0 spiro atoms. The maximum Gasteiger partial charge on any atom is 0.129 e. The van der Waals surface area contributed by atoms with Crippen molar-refractivity contribution in [2.45, 2.75) is 33.7 Å². The summed E-state index contributed by atoms with van der Waals surface area (Å²) < 4.78 is 0. The summed E-state index contributed by atoms with van der Waals surface area (Å²) in [5.41, 5.74) is 2.42. The van der Waals surface area contributed by atoms with Crippen LogP contribution in [0.15, 0.2) is 37.4 Å². The van der Waals surface area contributed by atoms with Crippen LogP contribution in [0.4, 0.5) is 5.82 Å². The van der Waals surface area contributed by atoms with Gasteiger partial charge in [-0.05, 0) is 36.6 Å². The lowest BCUT2D eigenvalue weighted by molar-refractivity contribution is 0.552. The third kappa shape index (κ3) is 6.13. The largest absolute Gasteiger partial charge is 0.349 e. The Hall–Kier alpha value is -1.61. The highest BCUT2D eigenvalue weighted by molar-refractivity contribution is 5.44. The first-order chi connectivity index (χ1) is 10.1. The van der Waals surface area contributed by atoms with E-state index in [0.29, 0.717) is 5.92 Å². The molecule has 0 amide bonds. The average Bonchev–Trinajstić information content (AvgIpc) is 2.46. The molecule has 116 valence electrons. The van der Waals surface area contributed by atoms with Crippen LogP contribution in [0, 0.1) is 5.92 Å². The minimum absolute atomic E-state index is 0.662. The van der Waals surface area contributed by atoms with Crippen LogP contribution in [-0.4, -0.2) is 24.6 Å². The second kappa shape index (κ2) is 9.35. The topological polar surface area (TPSA) is 28.2 Å². The highest BCUT2D eigenvalue weighted by Crippen LogP contribution is 2.16. The molecule has 1 aromatic heterocycles. The standard InChI is InChI=1S/C18H29N3/c1-6-9-21(10-7-2)18-12-16(11-17(8-3)20-18)14-19-13-15(4)5/h6-7,11-12,15,19H,1-2,8-10,13-14H2,3-5H3. The Balaban J connectivity index is 2.91. The van der Waals surface area contributed by atoms with Crippen molar-refractivity contribution < 1.29 is 0 Å². The number of hydrogen-bond donors (Lipinski definition) is 1. The molecule has 1 rings (SSSR count). The molecule has 0 aliphatic rings. The lowest BCUT2D eigenvalue weighted by Gasteiger charge is -2.22. The van der Waals surface area contributed by atoms with Gasteiger partial charge in [0.05, 0.1) is 0 Å². The average molecular weight is 287 g/mol. The summed E-state index contributed by atoms with van der Waals surface area (Å²) in [6, 6.07) is 4.36. The molecular formula is C18H29N3. The van der Waals surface area contributed by atoms with Gasteiger partial charge in [0.1, 0.15) is 5.82 Å². The van der Waals surface area contributed by atoms with Crippen LogP contribution in [0.2, 0.25) is 0 Å². The van der Waals surface area contributed by atoms with Crippen molar-refractivity contribution in [3.05, 3.63) is 48.7 Å². The maximum absolute atomic E-state index is 4.74. The van der Waals surface area contributed by atoms with Crippen molar-refractivity contribution >= 4 is 5.82 Å². The molecule has 1 N–H and O–H groups in total. The monoisotopic (exact) mass is 287 g/mol. The lowest BCUT2D eigenvalue weighted by atomic mass is 10.1. The molecule has 0 atom stereocenters. The molecule has 0 bridgehead atoms. The first-order valence-corrected chi connectivity index (χ1v) is 7.78. The van der Waals surface area contributed by atoms with E-state index in [1.807, 2.05) is 12.2 Å². The normalized spacial score (nSPS) is 10.7. The van der Waals surface area contributed by atoms with Crippen LogP contribution in [0.1, 0.15) is 32.0 Å². The third-order valence-corrected chi connectivity index (χ3v) is 3.19. The van der Waals surface area contributed by atoms with Crippen molar-refractivity contribution in [1.82, 2.24) is 10.3 Å². The smallest absolute Gasteiger partial charge is 0.129 e. The van der Waals surface area contributed by atoms with E-state index in [9.17, 15) is 0 Å². The van der Waals surface area contributed by atoms with Gasteiger partial charge in [-0.3, -0.25) is 0 Å². The van der Waals surface area contributed by atoms with E-state index in [0.717, 1.165) is 44.1 Å². The van der Waals surface area contributed by atoms with E-state index in [-0.39, 0.29) is 0 Å². The molecule has 0 saturated carbocycles. The second-order valence-corrected chi connectivity index (χ2v) is 5.69. The van der Waals surface area contributed by atoms with Gasteiger partial charge in [0, 0.05) is 25.3 Å². The van der Waals surface area contributed by atoms with Crippen molar-refractivity contribution in [1.29, 1.82) is 0 Å². The van der Waals surface area contributed by atoms with Crippen molar-refractivity contribution in [3.8, 4) is 0 Å². The molecule has 3 nitrogen and oxygen atoms in total. The van der Waals surface area contributed by atoms with Crippen LogP contribution in [0.3, 0.4) is 0 Å². The Bertz CT molecular complexity index is 442. The molecule has 0 saturated heterocycles. The maximum atomic E-state index is 4.74. The van der Waals surface area contributed by atoms with Gasteiger partial charge in [0.25, 0.3) is 0 Å². The Labute approximate surface area is 129 Å². The molecule has 0 aliphatic carbocycles. The Morgan fingerprint density at radius 1 is 1.24 bits per heavy atom. The molecule has 1 aromatic rings.